The van der Waals surface area contributed by atoms with Crippen LogP contribution in [-0.2, 0) is 14.8 Å². The van der Waals surface area contributed by atoms with Crippen molar-refractivity contribution in [2.24, 2.45) is 11.8 Å². The normalized spacial score (nSPS) is 26.9. The van der Waals surface area contributed by atoms with E-state index in [-0.39, 0.29) is 10.8 Å². The molecule has 2 heterocycles. The molecule has 2 fully saturated rings. The maximum atomic E-state index is 12.9. The second kappa shape index (κ2) is 7.59. The third kappa shape index (κ3) is 4.01. The molecule has 0 spiro atoms. The van der Waals surface area contributed by atoms with Crippen LogP contribution in [0.25, 0.3) is 0 Å². The number of aliphatic carboxylic acids is 1. The van der Waals surface area contributed by atoms with E-state index in [4.69, 9.17) is 0 Å². The number of carbonyl (C=O) groups excluding carboxylic acids is 1. The largest absolute Gasteiger partial charge is 0.480 e. The van der Waals surface area contributed by atoms with E-state index < -0.39 is 22.0 Å². The highest BCUT2D eigenvalue weighted by Gasteiger charge is 2.35. The van der Waals surface area contributed by atoms with Crippen LogP contribution in [0.2, 0.25) is 0 Å². The maximum Gasteiger partial charge on any atom is 0.326 e. The summed E-state index contributed by atoms with van der Waals surface area (Å²) < 4.78 is 27.3. The highest BCUT2D eigenvalue weighted by atomic mass is 32.2. The summed E-state index contributed by atoms with van der Waals surface area (Å²) >= 11 is 0. The molecule has 0 bridgehead atoms. The number of hydrogen-bond acceptors (Lipinski definition) is 4. The molecule has 1 N–H and O–H groups in total. The number of carboxylic acids is 1. The van der Waals surface area contributed by atoms with Crippen molar-refractivity contribution in [2.45, 2.75) is 44.0 Å². The lowest BCUT2D eigenvalue weighted by molar-refractivity contribution is -0.141. The number of benzene rings is 1. The van der Waals surface area contributed by atoms with Crippen LogP contribution in [0.3, 0.4) is 0 Å². The van der Waals surface area contributed by atoms with Gasteiger partial charge in [0.25, 0.3) is 5.91 Å². The second-order valence-corrected chi connectivity index (χ2v) is 9.73. The lowest BCUT2D eigenvalue weighted by Gasteiger charge is -2.34. The third-order valence-corrected chi connectivity index (χ3v) is 7.22. The molecule has 7 nitrogen and oxygen atoms in total. The first kappa shape index (κ1) is 19.8. The lowest BCUT2D eigenvalue weighted by atomic mass is 9.94. The quantitative estimate of drug-likeness (QED) is 0.843. The van der Waals surface area contributed by atoms with E-state index in [9.17, 15) is 23.1 Å². The molecule has 0 aliphatic carbocycles. The molecule has 3 atom stereocenters. The average Bonchev–Trinajstić information content (AvgIpc) is 3.10. The van der Waals surface area contributed by atoms with E-state index >= 15 is 0 Å². The Kier molecular flexibility index (Phi) is 5.58. The summed E-state index contributed by atoms with van der Waals surface area (Å²) in [7, 11) is -3.60. The summed E-state index contributed by atoms with van der Waals surface area (Å²) in [6, 6.07) is 5.03. The first-order valence-electron chi connectivity index (χ1n) is 9.34. The topological polar surface area (TPSA) is 95.0 Å². The highest BCUT2D eigenvalue weighted by molar-refractivity contribution is 7.89. The zero-order valence-electron chi connectivity index (χ0n) is 15.7. The summed E-state index contributed by atoms with van der Waals surface area (Å²) in [5.74, 6) is -0.752. The second-order valence-electron chi connectivity index (χ2n) is 7.79. The van der Waals surface area contributed by atoms with E-state index in [0.717, 1.165) is 6.42 Å². The Bertz CT molecular complexity index is 811. The van der Waals surface area contributed by atoms with Gasteiger partial charge in [0.15, 0.2) is 0 Å². The summed E-state index contributed by atoms with van der Waals surface area (Å²) in [6.45, 7) is 5.51. The van der Waals surface area contributed by atoms with Crippen molar-refractivity contribution in [1.29, 1.82) is 0 Å². The Balaban J connectivity index is 1.78. The van der Waals surface area contributed by atoms with Crippen LogP contribution in [0.4, 0.5) is 0 Å². The van der Waals surface area contributed by atoms with Crippen LogP contribution in [0, 0.1) is 11.8 Å². The molecule has 148 valence electrons. The van der Waals surface area contributed by atoms with Gasteiger partial charge in [-0.3, -0.25) is 4.79 Å². The summed E-state index contributed by atoms with van der Waals surface area (Å²) in [5.41, 5.74) is 0.308. The molecule has 27 heavy (non-hydrogen) atoms. The Morgan fingerprint density at radius 2 is 1.67 bits per heavy atom. The van der Waals surface area contributed by atoms with E-state index in [2.05, 4.69) is 13.8 Å². The van der Waals surface area contributed by atoms with Gasteiger partial charge in [-0.25, -0.2) is 13.2 Å². The number of amides is 1. The van der Waals surface area contributed by atoms with Crippen LogP contribution in [-0.4, -0.2) is 60.3 Å². The van der Waals surface area contributed by atoms with E-state index in [1.807, 2.05) is 0 Å². The number of hydrogen-bond donors (Lipinski definition) is 1. The van der Waals surface area contributed by atoms with E-state index in [0.29, 0.717) is 49.9 Å². The molecular weight excluding hydrogens is 368 g/mol. The molecule has 0 aromatic heterocycles. The minimum Gasteiger partial charge on any atom is -0.480 e. The zero-order valence-corrected chi connectivity index (χ0v) is 16.5. The number of carbonyl (C=O) groups is 2. The Morgan fingerprint density at radius 1 is 1.07 bits per heavy atom. The van der Waals surface area contributed by atoms with Crippen LogP contribution in [0.1, 0.15) is 43.5 Å². The standard InChI is InChI=1S/C19H26N2O5S/c1-13-10-14(2)12-20(11-13)27(25,26)16-7-5-15(6-8-16)18(22)21-9-3-4-17(21)19(23)24/h5-8,13-14,17H,3-4,9-12H2,1-2H3,(H,23,24)/t13?,14?,17-/m1/s1. The average molecular weight is 394 g/mol. The first-order chi connectivity index (χ1) is 12.7. The minimum absolute atomic E-state index is 0.163. The van der Waals surface area contributed by atoms with Crippen LogP contribution < -0.4 is 0 Å². The van der Waals surface area contributed by atoms with Gasteiger partial charge >= 0.3 is 5.97 Å². The zero-order chi connectivity index (χ0) is 19.8. The number of nitrogens with zero attached hydrogens (tertiary/aromatic N) is 2. The van der Waals surface area contributed by atoms with Crippen LogP contribution >= 0.6 is 0 Å². The molecule has 2 aliphatic heterocycles. The number of carboxylic acid groups (broad SMARTS) is 1. The van der Waals surface area contributed by atoms with Gasteiger partial charge in [0, 0.05) is 25.2 Å². The van der Waals surface area contributed by atoms with Crippen LogP contribution in [0.5, 0.6) is 0 Å². The Hall–Kier alpha value is -1.93. The highest BCUT2D eigenvalue weighted by Crippen LogP contribution is 2.27. The molecule has 3 rings (SSSR count). The van der Waals surface area contributed by atoms with Gasteiger partial charge in [-0.05, 0) is 55.4 Å². The van der Waals surface area contributed by atoms with Gasteiger partial charge in [0.05, 0.1) is 4.90 Å². The van der Waals surface area contributed by atoms with Gasteiger partial charge in [0.2, 0.25) is 10.0 Å². The van der Waals surface area contributed by atoms with Crippen molar-refractivity contribution < 1.29 is 23.1 Å². The Labute approximate surface area is 160 Å². The molecule has 1 aromatic carbocycles. The molecule has 2 saturated heterocycles. The van der Waals surface area contributed by atoms with Gasteiger partial charge in [0.1, 0.15) is 6.04 Å². The van der Waals surface area contributed by atoms with Crippen LogP contribution in [0.15, 0.2) is 29.2 Å². The van der Waals surface area contributed by atoms with Crippen molar-refractivity contribution in [1.82, 2.24) is 9.21 Å². The Morgan fingerprint density at radius 3 is 2.22 bits per heavy atom. The van der Waals surface area contributed by atoms with Crippen molar-refractivity contribution >= 4 is 21.9 Å². The summed E-state index contributed by atoms with van der Waals surface area (Å²) in [6.07, 6.45) is 2.11. The molecule has 0 saturated carbocycles. The fourth-order valence-electron chi connectivity index (χ4n) is 4.15. The van der Waals surface area contributed by atoms with E-state index in [1.54, 1.807) is 0 Å². The monoisotopic (exact) mass is 394 g/mol. The van der Waals surface area contributed by atoms with Crippen molar-refractivity contribution in [2.75, 3.05) is 19.6 Å². The smallest absolute Gasteiger partial charge is 0.326 e. The first-order valence-corrected chi connectivity index (χ1v) is 10.8. The molecule has 2 aliphatic rings. The number of piperidine rings is 1. The fraction of sp³-hybridized carbons (Fsp3) is 0.579. The number of rotatable bonds is 4. The predicted octanol–water partition coefficient (Wildman–Crippen LogP) is 2.04. The number of sulfonamides is 1. The summed E-state index contributed by atoms with van der Waals surface area (Å²) in [5, 5.41) is 9.24. The van der Waals surface area contributed by atoms with Crippen molar-refractivity contribution in [3.8, 4) is 0 Å². The molecule has 8 heteroatoms. The SMILES string of the molecule is CC1CC(C)CN(S(=O)(=O)c2ccc(C(=O)N3CCC[C@@H]3C(=O)O)cc2)C1. The fourth-order valence-corrected chi connectivity index (χ4v) is 5.83. The van der Waals surface area contributed by atoms with Gasteiger partial charge in [-0.2, -0.15) is 4.31 Å². The third-order valence-electron chi connectivity index (χ3n) is 5.37. The molecule has 2 unspecified atom stereocenters. The summed E-state index contributed by atoms with van der Waals surface area (Å²) in [4.78, 5) is 25.4. The van der Waals surface area contributed by atoms with Gasteiger partial charge in [-0.1, -0.05) is 13.8 Å². The maximum absolute atomic E-state index is 12.9. The molecule has 1 amide bonds. The van der Waals surface area contributed by atoms with Gasteiger partial charge < -0.3 is 10.0 Å². The van der Waals surface area contributed by atoms with Crippen molar-refractivity contribution in [3.05, 3.63) is 29.8 Å². The number of likely N-dealkylation sites (tertiary alicyclic amines) is 1. The predicted molar refractivity (Wildman–Crippen MR) is 99.8 cm³/mol. The van der Waals surface area contributed by atoms with Gasteiger partial charge in [-0.15, -0.1) is 0 Å². The van der Waals surface area contributed by atoms with Crippen molar-refractivity contribution in [3.63, 3.8) is 0 Å². The van der Waals surface area contributed by atoms with E-state index in [1.165, 1.54) is 33.5 Å². The molecular formula is C19H26N2O5S. The molecule has 0 radical (unpaired) electrons. The lowest BCUT2D eigenvalue weighted by Crippen LogP contribution is -2.42. The minimum atomic E-state index is -3.60. The molecule has 1 aromatic rings.